The van der Waals surface area contributed by atoms with E-state index in [1.807, 2.05) is 42.5 Å². The van der Waals surface area contributed by atoms with Crippen LogP contribution in [-0.2, 0) is 17.8 Å². The Hall–Kier alpha value is -4.65. The molecule has 7 heteroatoms. The molecule has 1 aliphatic carbocycles. The van der Waals surface area contributed by atoms with Crippen molar-refractivity contribution in [2.75, 3.05) is 13.9 Å². The first kappa shape index (κ1) is 23.7. The summed E-state index contributed by atoms with van der Waals surface area (Å²) in [7, 11) is 1.55. The fourth-order valence-electron chi connectivity index (χ4n) is 5.04. The van der Waals surface area contributed by atoms with Gasteiger partial charge in [-0.3, -0.25) is 4.79 Å². The smallest absolute Gasteiger partial charge is 0.339 e. The number of allylic oxidation sites excluding steroid dienone is 1. The van der Waals surface area contributed by atoms with E-state index in [4.69, 9.17) is 23.9 Å². The summed E-state index contributed by atoms with van der Waals surface area (Å²) in [6.07, 6.45) is 3.52. The van der Waals surface area contributed by atoms with Crippen LogP contribution in [0.1, 0.15) is 56.4 Å². The molecule has 3 aromatic carbocycles. The van der Waals surface area contributed by atoms with Gasteiger partial charge in [-0.15, -0.1) is 0 Å². The number of carbonyl (C=O) groups is 2. The highest BCUT2D eigenvalue weighted by molar-refractivity contribution is 6.07. The molecule has 0 atom stereocenters. The Labute approximate surface area is 219 Å². The maximum atomic E-state index is 13.6. The number of carbonyl (C=O) groups excluding carboxylic acids is 2. The molecule has 190 valence electrons. The summed E-state index contributed by atoms with van der Waals surface area (Å²) in [5.41, 5.74) is 6.14. The summed E-state index contributed by atoms with van der Waals surface area (Å²) in [6, 6.07) is 18.6. The molecule has 0 amide bonds. The number of nitrogens with zero attached hydrogens (tertiary/aromatic N) is 1. The quantitative estimate of drug-likeness (QED) is 0.233. The van der Waals surface area contributed by atoms with Gasteiger partial charge in [0.05, 0.1) is 23.9 Å². The summed E-state index contributed by atoms with van der Waals surface area (Å²) < 4.78 is 22.2. The van der Waals surface area contributed by atoms with Crippen molar-refractivity contribution in [2.24, 2.45) is 0 Å². The molecule has 0 bridgehead atoms. The fraction of sp³-hybridized carbons (Fsp3) is 0.194. The highest BCUT2D eigenvalue weighted by Crippen LogP contribution is 2.39. The molecule has 0 N–H and O–H groups in total. The van der Waals surface area contributed by atoms with Gasteiger partial charge in [0, 0.05) is 16.5 Å². The molecular formula is C31H25NO6. The van der Waals surface area contributed by atoms with Crippen molar-refractivity contribution in [1.29, 1.82) is 0 Å². The summed E-state index contributed by atoms with van der Waals surface area (Å²) >= 11 is 0. The second-order valence-corrected chi connectivity index (χ2v) is 9.27. The van der Waals surface area contributed by atoms with Crippen LogP contribution >= 0.6 is 0 Å². The highest BCUT2D eigenvalue weighted by Gasteiger charge is 2.28. The maximum Gasteiger partial charge on any atom is 0.339 e. The van der Waals surface area contributed by atoms with E-state index in [0.29, 0.717) is 28.9 Å². The number of hydrogen-bond acceptors (Lipinski definition) is 7. The molecule has 1 aromatic heterocycles. The lowest BCUT2D eigenvalue weighted by molar-refractivity contribution is 0.0471. The predicted octanol–water partition coefficient (Wildman–Crippen LogP) is 6.02. The van der Waals surface area contributed by atoms with Gasteiger partial charge in [0.15, 0.2) is 17.3 Å². The Morgan fingerprint density at radius 2 is 1.84 bits per heavy atom. The summed E-state index contributed by atoms with van der Waals surface area (Å²) in [6.45, 7) is 1.70. The largest absolute Gasteiger partial charge is 0.496 e. The Kier molecular flexibility index (Phi) is 6.04. The van der Waals surface area contributed by atoms with Crippen LogP contribution in [0.15, 0.2) is 60.7 Å². The van der Waals surface area contributed by atoms with Gasteiger partial charge < -0.3 is 18.9 Å². The molecule has 6 rings (SSSR count). The van der Waals surface area contributed by atoms with Crippen LogP contribution in [0.25, 0.3) is 22.6 Å². The molecule has 0 saturated carbocycles. The number of Topliss-reactive ketones (excluding diaryl/α,β-unsaturated/α-hetero) is 1. The molecule has 7 nitrogen and oxygen atoms in total. The minimum atomic E-state index is -0.431. The van der Waals surface area contributed by atoms with E-state index in [1.165, 1.54) is 6.92 Å². The van der Waals surface area contributed by atoms with E-state index in [0.717, 1.165) is 51.2 Å². The topological polar surface area (TPSA) is 84.0 Å². The number of pyridine rings is 1. The summed E-state index contributed by atoms with van der Waals surface area (Å²) in [5, 5.41) is 0.755. The zero-order valence-corrected chi connectivity index (χ0v) is 21.1. The highest BCUT2D eigenvalue weighted by atomic mass is 16.7. The van der Waals surface area contributed by atoms with Crippen molar-refractivity contribution < 1.29 is 28.5 Å². The van der Waals surface area contributed by atoms with Crippen LogP contribution in [0.4, 0.5) is 0 Å². The monoisotopic (exact) mass is 507 g/mol. The van der Waals surface area contributed by atoms with Crippen LogP contribution in [0.3, 0.4) is 0 Å². The van der Waals surface area contributed by atoms with E-state index in [9.17, 15) is 9.59 Å². The second-order valence-electron chi connectivity index (χ2n) is 9.27. The van der Waals surface area contributed by atoms with Crippen molar-refractivity contribution in [3.05, 3.63) is 94.2 Å². The predicted molar refractivity (Wildman–Crippen MR) is 143 cm³/mol. The van der Waals surface area contributed by atoms with Gasteiger partial charge >= 0.3 is 5.97 Å². The first-order valence-electron chi connectivity index (χ1n) is 12.4. The zero-order chi connectivity index (χ0) is 26.2. The van der Waals surface area contributed by atoms with Gasteiger partial charge in [0.25, 0.3) is 0 Å². The number of methoxy groups -OCH3 is 1. The Balaban J connectivity index is 1.36. The number of fused-ring (bicyclic) bond motifs is 3. The third-order valence-electron chi connectivity index (χ3n) is 6.93. The molecule has 0 unspecified atom stereocenters. The van der Waals surface area contributed by atoms with Crippen molar-refractivity contribution in [3.8, 4) is 17.2 Å². The van der Waals surface area contributed by atoms with Gasteiger partial charge in [0.2, 0.25) is 6.79 Å². The molecule has 0 saturated heterocycles. The van der Waals surface area contributed by atoms with E-state index in [1.54, 1.807) is 25.3 Å². The van der Waals surface area contributed by atoms with Gasteiger partial charge in [-0.25, -0.2) is 9.78 Å². The third kappa shape index (κ3) is 4.26. The lowest BCUT2D eigenvalue weighted by atomic mass is 10.0. The number of para-hydroxylation sites is 1. The molecule has 2 aliphatic rings. The first-order valence-corrected chi connectivity index (χ1v) is 12.4. The fourth-order valence-corrected chi connectivity index (χ4v) is 5.04. The number of benzene rings is 3. The van der Waals surface area contributed by atoms with Gasteiger partial charge in [0.1, 0.15) is 12.4 Å². The molecule has 2 heterocycles. The first-order chi connectivity index (χ1) is 18.5. The summed E-state index contributed by atoms with van der Waals surface area (Å²) in [4.78, 5) is 30.4. The maximum absolute atomic E-state index is 13.6. The van der Waals surface area contributed by atoms with Crippen molar-refractivity contribution >= 4 is 34.3 Å². The number of esters is 1. The van der Waals surface area contributed by atoms with Crippen LogP contribution in [-0.4, -0.2) is 30.6 Å². The number of ether oxygens (including phenoxy) is 4. The molecule has 4 aromatic rings. The van der Waals surface area contributed by atoms with Crippen molar-refractivity contribution in [1.82, 2.24) is 4.98 Å². The Bertz CT molecular complexity index is 1640. The number of hydrogen-bond donors (Lipinski definition) is 0. The van der Waals surface area contributed by atoms with E-state index >= 15 is 0 Å². The van der Waals surface area contributed by atoms with E-state index < -0.39 is 5.97 Å². The number of aromatic nitrogens is 1. The third-order valence-corrected chi connectivity index (χ3v) is 6.93. The average molecular weight is 508 g/mol. The van der Waals surface area contributed by atoms with Crippen LogP contribution < -0.4 is 14.2 Å². The van der Waals surface area contributed by atoms with E-state index in [-0.39, 0.29) is 19.2 Å². The SMILES string of the molecule is COc1ccc(C(C)=O)cc1COC(=O)c1c2c(nc3ccccc13)/C(=C/c1ccc3c(c1)OCO3)CC2. The second kappa shape index (κ2) is 9.67. The van der Waals surface area contributed by atoms with Crippen molar-refractivity contribution in [3.63, 3.8) is 0 Å². The Morgan fingerprint density at radius 3 is 2.68 bits per heavy atom. The van der Waals surface area contributed by atoms with Gasteiger partial charge in [-0.1, -0.05) is 24.3 Å². The number of rotatable bonds is 6. The molecular weight excluding hydrogens is 482 g/mol. The number of ketones is 1. The molecule has 0 fully saturated rings. The Morgan fingerprint density at radius 1 is 1.00 bits per heavy atom. The normalized spacial score (nSPS) is 14.5. The minimum absolute atomic E-state index is 0.0194. The minimum Gasteiger partial charge on any atom is -0.496 e. The molecule has 38 heavy (non-hydrogen) atoms. The zero-order valence-electron chi connectivity index (χ0n) is 21.1. The average Bonchev–Trinajstić information content (AvgIpc) is 3.56. The van der Waals surface area contributed by atoms with Crippen molar-refractivity contribution in [2.45, 2.75) is 26.4 Å². The van der Waals surface area contributed by atoms with E-state index in [2.05, 4.69) is 6.08 Å². The lowest BCUT2D eigenvalue weighted by Crippen LogP contribution is -2.11. The van der Waals surface area contributed by atoms with Crippen LogP contribution in [0, 0.1) is 0 Å². The lowest BCUT2D eigenvalue weighted by Gasteiger charge is -2.14. The van der Waals surface area contributed by atoms with Gasteiger partial charge in [-0.2, -0.15) is 0 Å². The summed E-state index contributed by atoms with van der Waals surface area (Å²) in [5.74, 6) is 1.51. The standard InChI is InChI=1S/C31H25NO6/c1-18(33)20-9-12-26(35-2)22(15-20)16-36-31(34)29-23-5-3-4-6-25(23)32-30-21(8-10-24(29)30)13-19-7-11-27-28(14-19)38-17-37-27/h3-7,9,11-15H,8,10,16-17H2,1-2H3/b21-13+. The van der Waals surface area contributed by atoms with Crippen LogP contribution in [0.5, 0.6) is 17.2 Å². The molecule has 0 radical (unpaired) electrons. The molecule has 0 spiro atoms. The molecule has 1 aliphatic heterocycles. The van der Waals surface area contributed by atoms with Crippen LogP contribution in [0.2, 0.25) is 0 Å². The van der Waals surface area contributed by atoms with Gasteiger partial charge in [-0.05, 0) is 78.9 Å².